The summed E-state index contributed by atoms with van der Waals surface area (Å²) in [5, 5.41) is 3.99. The summed E-state index contributed by atoms with van der Waals surface area (Å²) in [6.07, 6.45) is 1.78. The quantitative estimate of drug-likeness (QED) is 0.393. The van der Waals surface area contributed by atoms with Crippen molar-refractivity contribution in [2.24, 2.45) is 5.92 Å². The fourth-order valence-electron chi connectivity index (χ4n) is 3.15. The zero-order chi connectivity index (χ0) is 22.6. The summed E-state index contributed by atoms with van der Waals surface area (Å²) < 4.78 is 29.1. The second-order valence-corrected chi connectivity index (χ2v) is 9.66. The summed E-state index contributed by atoms with van der Waals surface area (Å²) in [5.74, 6) is 3.10. The van der Waals surface area contributed by atoms with Crippen molar-refractivity contribution >= 4 is 12.6 Å². The van der Waals surface area contributed by atoms with Gasteiger partial charge in [0.05, 0.1) is 24.4 Å². The number of ether oxygens (including phenoxy) is 2. The molecule has 1 aromatic heterocycles. The highest BCUT2D eigenvalue weighted by Crippen LogP contribution is 2.36. The van der Waals surface area contributed by atoms with Crippen molar-refractivity contribution in [1.29, 1.82) is 0 Å². The zero-order valence-electron chi connectivity index (χ0n) is 19.9. The topological polar surface area (TPSA) is 63.0 Å². The lowest BCUT2D eigenvalue weighted by Crippen LogP contribution is -2.41. The number of hydrogen-bond donors (Lipinski definition) is 0. The molecule has 2 aromatic rings. The molecular weight excluding hydrogens is 393 g/mol. The van der Waals surface area contributed by atoms with Crippen LogP contribution in [-0.4, -0.2) is 36.7 Å². The van der Waals surface area contributed by atoms with Crippen molar-refractivity contribution in [2.45, 2.75) is 78.4 Å². The van der Waals surface area contributed by atoms with Crippen LogP contribution in [0.25, 0.3) is 0 Å². The van der Waals surface area contributed by atoms with Gasteiger partial charge in [0, 0.05) is 12.0 Å². The van der Waals surface area contributed by atoms with E-state index in [4.69, 9.17) is 23.3 Å². The number of aromatic nitrogens is 1. The fourth-order valence-corrected chi connectivity index (χ4v) is 3.15. The lowest BCUT2D eigenvalue weighted by Gasteiger charge is -2.32. The molecule has 6 nitrogen and oxygen atoms in total. The summed E-state index contributed by atoms with van der Waals surface area (Å²) in [6, 6.07) is 9.82. The normalized spacial score (nSPS) is 18.4. The van der Waals surface area contributed by atoms with E-state index in [9.17, 15) is 0 Å². The van der Waals surface area contributed by atoms with Gasteiger partial charge in [0.25, 0.3) is 5.88 Å². The molecule has 1 aromatic carbocycles. The first kappa shape index (κ1) is 23.7. The third-order valence-corrected chi connectivity index (χ3v) is 6.42. The van der Waals surface area contributed by atoms with Crippen molar-refractivity contribution < 1.29 is 23.3 Å². The summed E-state index contributed by atoms with van der Waals surface area (Å²) in [5.41, 5.74) is 0.322. The van der Waals surface area contributed by atoms with Gasteiger partial charge in [-0.05, 0) is 69.2 Å². The van der Waals surface area contributed by atoms with Crippen molar-refractivity contribution in [3.05, 3.63) is 36.1 Å². The molecule has 2 heterocycles. The van der Waals surface area contributed by atoms with E-state index in [-0.39, 0.29) is 18.3 Å². The molecule has 0 radical (unpaired) electrons. The van der Waals surface area contributed by atoms with Crippen LogP contribution in [0, 0.1) is 5.92 Å². The number of benzene rings is 1. The molecule has 1 fully saturated rings. The highest BCUT2D eigenvalue weighted by Gasteiger charge is 2.51. The third-order valence-electron chi connectivity index (χ3n) is 6.42. The Morgan fingerprint density at radius 2 is 1.48 bits per heavy atom. The van der Waals surface area contributed by atoms with Crippen LogP contribution in [0.15, 0.2) is 34.9 Å². The highest BCUT2D eigenvalue weighted by molar-refractivity contribution is 6.62. The minimum atomic E-state index is -0.350. The van der Waals surface area contributed by atoms with Crippen LogP contribution in [0.4, 0.5) is 0 Å². The van der Waals surface area contributed by atoms with E-state index in [1.807, 2.05) is 30.3 Å². The van der Waals surface area contributed by atoms with Gasteiger partial charge in [-0.1, -0.05) is 32.9 Å². The average Bonchev–Trinajstić information content (AvgIpc) is 3.26. The molecule has 1 aliphatic rings. The molecule has 1 saturated heterocycles. The van der Waals surface area contributed by atoms with E-state index in [1.165, 1.54) is 0 Å². The van der Waals surface area contributed by atoms with Gasteiger partial charge in [0.1, 0.15) is 11.5 Å². The predicted molar refractivity (Wildman–Crippen MR) is 122 cm³/mol. The van der Waals surface area contributed by atoms with Crippen molar-refractivity contribution in [3.63, 3.8) is 0 Å². The zero-order valence-corrected chi connectivity index (χ0v) is 19.9. The molecule has 0 bridgehead atoms. The summed E-state index contributed by atoms with van der Waals surface area (Å²) in [4.78, 5) is 0. The maximum Gasteiger partial charge on any atom is 0.494 e. The first-order valence-corrected chi connectivity index (χ1v) is 11.3. The van der Waals surface area contributed by atoms with Gasteiger partial charge in [-0.3, -0.25) is 0 Å². The van der Waals surface area contributed by atoms with Gasteiger partial charge in [0.2, 0.25) is 0 Å². The highest BCUT2D eigenvalue weighted by atomic mass is 16.7. The first-order valence-electron chi connectivity index (χ1n) is 11.3. The summed E-state index contributed by atoms with van der Waals surface area (Å²) >= 11 is 0. The van der Waals surface area contributed by atoms with Gasteiger partial charge >= 0.3 is 7.12 Å². The molecule has 31 heavy (non-hydrogen) atoms. The molecule has 1 aliphatic heterocycles. The van der Waals surface area contributed by atoms with E-state index >= 15 is 0 Å². The summed E-state index contributed by atoms with van der Waals surface area (Å²) in [7, 11) is -0.350. The second-order valence-electron chi connectivity index (χ2n) is 9.66. The van der Waals surface area contributed by atoms with E-state index in [1.54, 1.807) is 0 Å². The lowest BCUT2D eigenvalue weighted by molar-refractivity contribution is 0.00578. The van der Waals surface area contributed by atoms with E-state index < -0.39 is 0 Å². The van der Waals surface area contributed by atoms with Crippen LogP contribution in [0.5, 0.6) is 11.6 Å². The van der Waals surface area contributed by atoms with Crippen molar-refractivity contribution in [1.82, 2.24) is 5.16 Å². The molecule has 0 N–H and O–H groups in total. The molecular formula is C24H36BNO5. The van der Waals surface area contributed by atoms with Crippen LogP contribution in [0.3, 0.4) is 0 Å². The predicted octanol–water partition coefficient (Wildman–Crippen LogP) is 4.97. The number of hydrogen-bond acceptors (Lipinski definition) is 6. The monoisotopic (exact) mass is 429 g/mol. The van der Waals surface area contributed by atoms with Gasteiger partial charge < -0.3 is 23.3 Å². The Hall–Kier alpha value is -1.99. The van der Waals surface area contributed by atoms with Gasteiger partial charge in [-0.15, -0.1) is 0 Å². The number of rotatable bonds is 10. The first-order chi connectivity index (χ1) is 14.6. The van der Waals surface area contributed by atoms with Crippen molar-refractivity contribution in [3.8, 4) is 11.6 Å². The van der Waals surface area contributed by atoms with Crippen molar-refractivity contribution in [2.75, 3.05) is 13.2 Å². The molecule has 3 rings (SSSR count). The SMILES string of the molecule is CC(C)C(C)c1cc(OCCCCOc2ccc(B3OC(C)(C)C(C)(C)O3)cc2)no1. The Labute approximate surface area is 186 Å². The maximum absolute atomic E-state index is 6.09. The molecule has 0 aliphatic carbocycles. The Morgan fingerprint density at radius 1 is 0.903 bits per heavy atom. The second kappa shape index (κ2) is 9.66. The number of unbranched alkanes of at least 4 members (excludes halogenated alkanes) is 1. The van der Waals surface area contributed by atoms with Gasteiger partial charge in [-0.25, -0.2) is 0 Å². The van der Waals surface area contributed by atoms with Gasteiger partial charge in [-0.2, -0.15) is 0 Å². The molecule has 1 atom stereocenters. The smallest absolute Gasteiger partial charge is 0.494 e. The molecule has 7 heteroatoms. The average molecular weight is 429 g/mol. The minimum absolute atomic E-state index is 0.328. The molecule has 1 unspecified atom stereocenters. The Balaban J connectivity index is 1.35. The van der Waals surface area contributed by atoms with Crippen LogP contribution in [0.2, 0.25) is 0 Å². The van der Waals surface area contributed by atoms with E-state index in [2.05, 4.69) is 53.6 Å². The maximum atomic E-state index is 6.09. The van der Waals surface area contributed by atoms with Crippen LogP contribution < -0.4 is 14.9 Å². The van der Waals surface area contributed by atoms with Crippen LogP contribution in [0.1, 0.15) is 73.0 Å². The fraction of sp³-hybridized carbons (Fsp3) is 0.625. The lowest BCUT2D eigenvalue weighted by atomic mass is 9.79. The molecule has 0 saturated carbocycles. The van der Waals surface area contributed by atoms with Crippen LogP contribution in [-0.2, 0) is 9.31 Å². The molecule has 170 valence electrons. The standard InChI is InChI=1S/C24H36BNO5/c1-17(2)18(3)21-16-22(26-29-21)28-15-9-8-14-27-20-12-10-19(11-13-20)25-30-23(4,5)24(6,7)31-25/h10-13,16-18H,8-9,14-15H2,1-7H3. The Morgan fingerprint density at radius 3 is 2.06 bits per heavy atom. The van der Waals surface area contributed by atoms with Crippen LogP contribution >= 0.6 is 0 Å². The Bertz CT molecular complexity index is 815. The Kier molecular flexibility index (Phi) is 7.37. The largest absolute Gasteiger partial charge is 0.494 e. The third kappa shape index (κ3) is 5.83. The molecule has 0 spiro atoms. The van der Waals surface area contributed by atoms with Gasteiger partial charge in [0.15, 0.2) is 0 Å². The minimum Gasteiger partial charge on any atom is -0.494 e. The number of nitrogens with zero attached hydrogens (tertiary/aromatic N) is 1. The van der Waals surface area contributed by atoms with E-state index in [0.29, 0.717) is 30.9 Å². The summed E-state index contributed by atoms with van der Waals surface area (Å²) in [6.45, 7) is 15.9. The molecule has 0 amide bonds. The van der Waals surface area contributed by atoms with E-state index in [0.717, 1.165) is 29.8 Å².